The topological polar surface area (TPSA) is 41.5 Å². The molecule has 3 nitrogen and oxygen atoms in total. The predicted octanol–water partition coefficient (Wildman–Crippen LogP) is 2.01. The molecule has 18 heavy (non-hydrogen) atoms. The Morgan fingerprint density at radius 1 is 1.28 bits per heavy atom. The van der Waals surface area contributed by atoms with Crippen molar-refractivity contribution in [3.05, 3.63) is 29.3 Å². The summed E-state index contributed by atoms with van der Waals surface area (Å²) in [4.78, 5) is 0. The highest BCUT2D eigenvalue weighted by Gasteiger charge is 2.22. The van der Waals surface area contributed by atoms with E-state index in [1.165, 1.54) is 17.5 Å². The van der Waals surface area contributed by atoms with E-state index in [0.717, 1.165) is 44.6 Å². The summed E-state index contributed by atoms with van der Waals surface area (Å²) in [7, 11) is 0. The van der Waals surface area contributed by atoms with E-state index in [9.17, 15) is 5.11 Å². The first-order chi connectivity index (χ1) is 8.83. The zero-order chi connectivity index (χ0) is 12.4. The number of ether oxygens (including phenoxy) is 1. The van der Waals surface area contributed by atoms with Crippen LogP contribution in [0.25, 0.3) is 0 Å². The van der Waals surface area contributed by atoms with Gasteiger partial charge < -0.3 is 15.2 Å². The summed E-state index contributed by atoms with van der Waals surface area (Å²) in [6.45, 7) is 1.66. The van der Waals surface area contributed by atoms with Gasteiger partial charge in [-0.05, 0) is 30.0 Å². The molecule has 0 bridgehead atoms. The van der Waals surface area contributed by atoms with Crippen LogP contribution in [0.1, 0.15) is 36.8 Å². The molecule has 0 saturated heterocycles. The highest BCUT2D eigenvalue weighted by Crippen LogP contribution is 2.26. The predicted molar refractivity (Wildman–Crippen MR) is 70.7 cm³/mol. The molecule has 1 fully saturated rings. The van der Waals surface area contributed by atoms with Crippen LogP contribution in [-0.2, 0) is 13.0 Å². The van der Waals surface area contributed by atoms with Gasteiger partial charge in [-0.3, -0.25) is 0 Å². The van der Waals surface area contributed by atoms with E-state index >= 15 is 0 Å². The minimum absolute atomic E-state index is 0.170. The van der Waals surface area contributed by atoms with Gasteiger partial charge in [-0.15, -0.1) is 0 Å². The zero-order valence-electron chi connectivity index (χ0n) is 10.7. The molecule has 2 atom stereocenters. The fourth-order valence-electron chi connectivity index (χ4n) is 2.95. The van der Waals surface area contributed by atoms with E-state index in [-0.39, 0.29) is 12.1 Å². The number of aliphatic hydroxyl groups excluding tert-OH is 1. The van der Waals surface area contributed by atoms with Crippen molar-refractivity contribution in [3.8, 4) is 5.75 Å². The van der Waals surface area contributed by atoms with Crippen LogP contribution in [0.15, 0.2) is 18.2 Å². The van der Waals surface area contributed by atoms with Gasteiger partial charge >= 0.3 is 0 Å². The van der Waals surface area contributed by atoms with E-state index in [0.29, 0.717) is 0 Å². The first-order valence-electron chi connectivity index (χ1n) is 6.99. The molecule has 2 N–H and O–H groups in total. The minimum atomic E-state index is -0.170. The lowest BCUT2D eigenvalue weighted by molar-refractivity contribution is 0.0902. The van der Waals surface area contributed by atoms with Crippen molar-refractivity contribution in [1.29, 1.82) is 0 Å². The molecule has 1 aromatic carbocycles. The van der Waals surface area contributed by atoms with Crippen molar-refractivity contribution < 1.29 is 9.84 Å². The van der Waals surface area contributed by atoms with Crippen LogP contribution >= 0.6 is 0 Å². The second kappa shape index (κ2) is 5.29. The van der Waals surface area contributed by atoms with Crippen LogP contribution in [0.2, 0.25) is 0 Å². The van der Waals surface area contributed by atoms with Gasteiger partial charge in [-0.1, -0.05) is 25.0 Å². The number of hydrogen-bond donors (Lipinski definition) is 2. The molecule has 3 rings (SSSR count). The van der Waals surface area contributed by atoms with Crippen molar-refractivity contribution in [1.82, 2.24) is 5.32 Å². The third-order valence-corrected chi connectivity index (χ3v) is 4.05. The Labute approximate surface area is 108 Å². The van der Waals surface area contributed by atoms with Crippen molar-refractivity contribution in [2.24, 2.45) is 0 Å². The first-order valence-corrected chi connectivity index (χ1v) is 6.99. The van der Waals surface area contributed by atoms with Gasteiger partial charge in [0.1, 0.15) is 5.75 Å². The minimum Gasteiger partial charge on any atom is -0.493 e. The summed E-state index contributed by atoms with van der Waals surface area (Å²) in [6.07, 6.45) is 5.28. The molecule has 1 saturated carbocycles. The molecule has 0 unspecified atom stereocenters. The molecule has 0 amide bonds. The number of hydrogen-bond acceptors (Lipinski definition) is 3. The molecule has 0 spiro atoms. The first kappa shape index (κ1) is 12.0. The van der Waals surface area contributed by atoms with Crippen molar-refractivity contribution in [2.75, 3.05) is 6.61 Å². The van der Waals surface area contributed by atoms with Gasteiger partial charge in [-0.25, -0.2) is 0 Å². The Kier molecular flexibility index (Phi) is 3.52. The fraction of sp³-hybridized carbons (Fsp3) is 0.600. The molecule has 1 aliphatic carbocycles. The third kappa shape index (κ3) is 2.52. The summed E-state index contributed by atoms with van der Waals surface area (Å²) in [5.41, 5.74) is 2.61. The second-order valence-corrected chi connectivity index (χ2v) is 5.38. The maximum Gasteiger partial charge on any atom is 0.122 e. The Hall–Kier alpha value is -1.06. The number of aliphatic hydroxyl groups is 1. The van der Waals surface area contributed by atoms with Crippen LogP contribution in [0.4, 0.5) is 0 Å². The van der Waals surface area contributed by atoms with E-state index in [1.54, 1.807) is 0 Å². The van der Waals surface area contributed by atoms with Crippen LogP contribution in [-0.4, -0.2) is 23.9 Å². The normalized spacial score (nSPS) is 26.7. The Morgan fingerprint density at radius 2 is 2.17 bits per heavy atom. The third-order valence-electron chi connectivity index (χ3n) is 4.05. The van der Waals surface area contributed by atoms with Crippen LogP contribution in [0, 0.1) is 0 Å². The number of fused-ring (bicyclic) bond motifs is 1. The van der Waals surface area contributed by atoms with E-state index in [1.807, 2.05) is 0 Å². The smallest absolute Gasteiger partial charge is 0.122 e. The number of benzene rings is 1. The standard InChI is InChI=1S/C15H21NO2/c17-14-4-2-1-3-13(14)16-10-11-5-6-15-12(9-11)7-8-18-15/h5-6,9,13-14,16-17H,1-4,7-8,10H2/t13-,14+/m0/s1. The monoisotopic (exact) mass is 247 g/mol. The van der Waals surface area contributed by atoms with E-state index < -0.39 is 0 Å². The molecule has 98 valence electrons. The summed E-state index contributed by atoms with van der Waals surface area (Å²) in [5, 5.41) is 13.4. The van der Waals surface area contributed by atoms with Gasteiger partial charge in [0.25, 0.3) is 0 Å². The maximum atomic E-state index is 9.92. The molecule has 1 heterocycles. The lowest BCUT2D eigenvalue weighted by Crippen LogP contribution is -2.41. The average Bonchev–Trinajstić information content (AvgIpc) is 2.85. The number of nitrogens with one attached hydrogen (secondary N) is 1. The van der Waals surface area contributed by atoms with Gasteiger partial charge in [0.05, 0.1) is 12.7 Å². The van der Waals surface area contributed by atoms with E-state index in [4.69, 9.17) is 4.74 Å². The quantitative estimate of drug-likeness (QED) is 0.858. The Balaban J connectivity index is 1.59. The van der Waals surface area contributed by atoms with E-state index in [2.05, 4.69) is 23.5 Å². The zero-order valence-corrected chi connectivity index (χ0v) is 10.7. The average molecular weight is 247 g/mol. The molecule has 2 aliphatic rings. The maximum absolute atomic E-state index is 9.92. The summed E-state index contributed by atoms with van der Waals surface area (Å²) >= 11 is 0. The molecule has 0 radical (unpaired) electrons. The van der Waals surface area contributed by atoms with Crippen LogP contribution < -0.4 is 10.1 Å². The molecule has 3 heteroatoms. The molecular weight excluding hydrogens is 226 g/mol. The summed E-state index contributed by atoms with van der Waals surface area (Å²) in [5.74, 6) is 1.04. The van der Waals surface area contributed by atoms with Crippen molar-refractivity contribution in [2.45, 2.75) is 50.8 Å². The van der Waals surface area contributed by atoms with Gasteiger partial charge in [0.15, 0.2) is 0 Å². The van der Waals surface area contributed by atoms with Crippen molar-refractivity contribution >= 4 is 0 Å². The van der Waals surface area contributed by atoms with Gasteiger partial charge in [0, 0.05) is 19.0 Å². The van der Waals surface area contributed by atoms with Gasteiger partial charge in [-0.2, -0.15) is 0 Å². The number of rotatable bonds is 3. The SMILES string of the molecule is O[C@@H]1CCCC[C@@H]1NCc1ccc2c(c1)CCO2. The van der Waals surface area contributed by atoms with Crippen LogP contribution in [0.3, 0.4) is 0 Å². The van der Waals surface area contributed by atoms with Gasteiger partial charge in [0.2, 0.25) is 0 Å². The highest BCUT2D eigenvalue weighted by molar-refractivity contribution is 5.39. The van der Waals surface area contributed by atoms with Crippen LogP contribution in [0.5, 0.6) is 5.75 Å². The Morgan fingerprint density at radius 3 is 3.06 bits per heavy atom. The molecular formula is C15H21NO2. The highest BCUT2D eigenvalue weighted by atomic mass is 16.5. The second-order valence-electron chi connectivity index (χ2n) is 5.38. The van der Waals surface area contributed by atoms with Crippen molar-refractivity contribution in [3.63, 3.8) is 0 Å². The molecule has 0 aromatic heterocycles. The largest absolute Gasteiger partial charge is 0.493 e. The summed E-state index contributed by atoms with van der Waals surface area (Å²) < 4.78 is 5.50. The summed E-state index contributed by atoms with van der Waals surface area (Å²) in [6, 6.07) is 6.68. The Bertz CT molecular complexity index is 419. The lowest BCUT2D eigenvalue weighted by Gasteiger charge is -2.28. The molecule has 1 aromatic rings. The lowest BCUT2D eigenvalue weighted by atomic mass is 9.92. The molecule has 1 aliphatic heterocycles. The fourth-order valence-corrected chi connectivity index (χ4v) is 2.95.